The fourth-order valence-corrected chi connectivity index (χ4v) is 2.80. The minimum absolute atomic E-state index is 0.113. The summed E-state index contributed by atoms with van der Waals surface area (Å²) < 4.78 is 18.7. The number of likely N-dealkylation sites (tertiary alicyclic amines) is 1. The Balaban J connectivity index is 1.49. The number of hydrogen-bond donors (Lipinski definition) is 1. The van der Waals surface area contributed by atoms with Gasteiger partial charge in [-0.1, -0.05) is 12.1 Å². The highest BCUT2D eigenvalue weighted by atomic mass is 19.1. The van der Waals surface area contributed by atoms with Gasteiger partial charge in [0.1, 0.15) is 11.9 Å². The van der Waals surface area contributed by atoms with E-state index in [1.165, 1.54) is 12.1 Å². The highest BCUT2D eigenvalue weighted by Crippen LogP contribution is 2.16. The Bertz CT molecular complexity index is 731. The lowest BCUT2D eigenvalue weighted by Gasteiger charge is -2.17. The smallest absolute Gasteiger partial charge is 0.317 e. The van der Waals surface area contributed by atoms with E-state index in [0.29, 0.717) is 25.6 Å². The highest BCUT2D eigenvalue weighted by molar-refractivity contribution is 5.74. The maximum Gasteiger partial charge on any atom is 0.317 e. The van der Waals surface area contributed by atoms with Crippen LogP contribution < -0.4 is 10.1 Å². The number of nitrogens with one attached hydrogen (secondary N) is 1. The number of nitrogens with zero attached hydrogens (tertiary/aromatic N) is 3. The lowest BCUT2D eigenvalue weighted by Crippen LogP contribution is -2.39. The van der Waals surface area contributed by atoms with Gasteiger partial charge in [-0.25, -0.2) is 19.2 Å². The van der Waals surface area contributed by atoms with E-state index in [1.54, 1.807) is 17.0 Å². The zero-order chi connectivity index (χ0) is 17.8. The molecule has 1 aliphatic rings. The van der Waals surface area contributed by atoms with Crippen molar-refractivity contribution in [3.05, 3.63) is 53.1 Å². The monoisotopic (exact) mass is 344 g/mol. The summed E-state index contributed by atoms with van der Waals surface area (Å²) in [5.74, 6) is -0.289. The van der Waals surface area contributed by atoms with Gasteiger partial charge >= 0.3 is 12.0 Å². The molecule has 0 unspecified atom stereocenters. The second-order valence-corrected chi connectivity index (χ2v) is 6.19. The minimum Gasteiger partial charge on any atom is -0.458 e. The maximum absolute atomic E-state index is 12.9. The number of amides is 2. The number of rotatable bonds is 4. The third kappa shape index (κ3) is 4.65. The number of carbonyl (C=O) groups is 1. The number of urea groups is 1. The first-order valence-corrected chi connectivity index (χ1v) is 8.26. The molecule has 1 atom stereocenters. The maximum atomic E-state index is 12.9. The van der Waals surface area contributed by atoms with E-state index in [2.05, 4.69) is 15.3 Å². The number of halogens is 1. The standard InChI is InChI=1S/C18H21FN4O2/c1-12-9-13(2)22-17(21-12)25-16-7-8-23(11-16)18(24)20-10-14-3-5-15(19)6-4-14/h3-6,9,16H,7-8,10-11H2,1-2H3,(H,20,24)/t16-/m1/s1. The molecule has 132 valence electrons. The number of ether oxygens (including phenoxy) is 1. The molecule has 2 amide bonds. The number of aromatic nitrogens is 2. The van der Waals surface area contributed by atoms with Crippen LogP contribution in [0.25, 0.3) is 0 Å². The van der Waals surface area contributed by atoms with Crippen molar-refractivity contribution in [3.8, 4) is 6.01 Å². The van der Waals surface area contributed by atoms with Gasteiger partial charge in [0, 0.05) is 30.9 Å². The summed E-state index contributed by atoms with van der Waals surface area (Å²) in [6.07, 6.45) is 0.623. The van der Waals surface area contributed by atoms with Crippen molar-refractivity contribution in [1.29, 1.82) is 0 Å². The summed E-state index contributed by atoms with van der Waals surface area (Å²) >= 11 is 0. The Morgan fingerprint density at radius 1 is 1.28 bits per heavy atom. The molecular formula is C18H21FN4O2. The van der Waals surface area contributed by atoms with Gasteiger partial charge in [0.2, 0.25) is 0 Å². The Kier molecular flexibility index (Phi) is 5.11. The zero-order valence-electron chi connectivity index (χ0n) is 14.3. The largest absolute Gasteiger partial charge is 0.458 e. The molecule has 7 heteroatoms. The molecule has 0 saturated carbocycles. The van der Waals surface area contributed by atoms with E-state index >= 15 is 0 Å². The average molecular weight is 344 g/mol. The summed E-state index contributed by atoms with van der Waals surface area (Å²) in [6, 6.07) is 8.16. The molecule has 2 aromatic rings. The third-order valence-corrected chi connectivity index (χ3v) is 4.02. The summed E-state index contributed by atoms with van der Waals surface area (Å²) in [5.41, 5.74) is 2.56. The van der Waals surface area contributed by atoms with Crippen LogP contribution in [-0.4, -0.2) is 40.1 Å². The number of benzene rings is 1. The Labute approximate surface area is 146 Å². The van der Waals surface area contributed by atoms with Crippen molar-refractivity contribution >= 4 is 6.03 Å². The highest BCUT2D eigenvalue weighted by Gasteiger charge is 2.28. The van der Waals surface area contributed by atoms with Crippen LogP contribution in [0.4, 0.5) is 9.18 Å². The predicted molar refractivity (Wildman–Crippen MR) is 90.7 cm³/mol. The molecule has 25 heavy (non-hydrogen) atoms. The lowest BCUT2D eigenvalue weighted by atomic mass is 10.2. The zero-order valence-corrected chi connectivity index (χ0v) is 14.3. The second kappa shape index (κ2) is 7.46. The molecule has 6 nitrogen and oxygen atoms in total. The van der Waals surface area contributed by atoms with Crippen LogP contribution in [0.5, 0.6) is 6.01 Å². The Morgan fingerprint density at radius 2 is 1.96 bits per heavy atom. The van der Waals surface area contributed by atoms with Crippen LogP contribution >= 0.6 is 0 Å². The fraction of sp³-hybridized carbons (Fsp3) is 0.389. The summed E-state index contributed by atoms with van der Waals surface area (Å²) in [6.45, 7) is 5.26. The van der Waals surface area contributed by atoms with E-state index in [1.807, 2.05) is 19.9 Å². The van der Waals surface area contributed by atoms with E-state index in [0.717, 1.165) is 23.4 Å². The van der Waals surface area contributed by atoms with Gasteiger partial charge in [0.15, 0.2) is 0 Å². The van der Waals surface area contributed by atoms with E-state index in [4.69, 9.17) is 4.74 Å². The van der Waals surface area contributed by atoms with Crippen molar-refractivity contribution < 1.29 is 13.9 Å². The van der Waals surface area contributed by atoms with Crippen molar-refractivity contribution in [2.75, 3.05) is 13.1 Å². The molecule has 1 aromatic heterocycles. The van der Waals surface area contributed by atoms with Crippen molar-refractivity contribution in [2.24, 2.45) is 0 Å². The Morgan fingerprint density at radius 3 is 2.64 bits per heavy atom. The quantitative estimate of drug-likeness (QED) is 0.926. The van der Waals surface area contributed by atoms with E-state index in [-0.39, 0.29) is 18.0 Å². The van der Waals surface area contributed by atoms with Crippen molar-refractivity contribution in [3.63, 3.8) is 0 Å². The number of aryl methyl sites for hydroxylation is 2. The SMILES string of the molecule is Cc1cc(C)nc(O[C@@H]2CCN(C(=O)NCc3ccc(F)cc3)C2)n1. The van der Waals surface area contributed by atoms with Gasteiger partial charge in [0.05, 0.1) is 6.54 Å². The van der Waals surface area contributed by atoms with Crippen LogP contribution in [0.15, 0.2) is 30.3 Å². The fourth-order valence-electron chi connectivity index (χ4n) is 2.80. The molecule has 0 spiro atoms. The topological polar surface area (TPSA) is 67.3 Å². The normalized spacial score (nSPS) is 16.8. The molecule has 0 radical (unpaired) electrons. The number of hydrogen-bond acceptors (Lipinski definition) is 4. The molecule has 0 aliphatic carbocycles. The minimum atomic E-state index is -0.289. The molecule has 2 heterocycles. The average Bonchev–Trinajstić information content (AvgIpc) is 3.01. The summed E-state index contributed by atoms with van der Waals surface area (Å²) in [5, 5.41) is 2.84. The van der Waals surface area contributed by atoms with E-state index in [9.17, 15) is 9.18 Å². The first-order chi connectivity index (χ1) is 12.0. The van der Waals surface area contributed by atoms with Crippen LogP contribution in [-0.2, 0) is 6.54 Å². The summed E-state index contributed by atoms with van der Waals surface area (Å²) in [4.78, 5) is 22.5. The Hall–Kier alpha value is -2.70. The first-order valence-electron chi connectivity index (χ1n) is 8.26. The van der Waals surface area contributed by atoms with E-state index < -0.39 is 0 Å². The predicted octanol–water partition coefficient (Wildman–Crippen LogP) is 2.60. The van der Waals surface area contributed by atoms with Gasteiger partial charge in [-0.15, -0.1) is 0 Å². The molecular weight excluding hydrogens is 323 g/mol. The lowest BCUT2D eigenvalue weighted by molar-refractivity contribution is 0.177. The molecule has 0 bridgehead atoms. The molecule has 1 N–H and O–H groups in total. The van der Waals surface area contributed by atoms with Crippen LogP contribution in [0.3, 0.4) is 0 Å². The van der Waals surface area contributed by atoms with Gasteiger partial charge in [0.25, 0.3) is 0 Å². The van der Waals surface area contributed by atoms with Crippen LogP contribution in [0.2, 0.25) is 0 Å². The molecule has 1 aliphatic heterocycles. The molecule has 1 fully saturated rings. The number of carbonyl (C=O) groups excluding carboxylic acids is 1. The second-order valence-electron chi connectivity index (χ2n) is 6.19. The molecule has 3 rings (SSSR count). The third-order valence-electron chi connectivity index (χ3n) is 4.02. The van der Waals surface area contributed by atoms with Gasteiger partial charge in [-0.2, -0.15) is 0 Å². The van der Waals surface area contributed by atoms with Crippen LogP contribution in [0, 0.1) is 19.7 Å². The van der Waals surface area contributed by atoms with Gasteiger partial charge < -0.3 is 15.0 Å². The molecule has 1 saturated heterocycles. The van der Waals surface area contributed by atoms with Crippen LogP contribution in [0.1, 0.15) is 23.4 Å². The summed E-state index contributed by atoms with van der Waals surface area (Å²) in [7, 11) is 0. The first kappa shape index (κ1) is 17.1. The van der Waals surface area contributed by atoms with Gasteiger partial charge in [-0.3, -0.25) is 0 Å². The van der Waals surface area contributed by atoms with Gasteiger partial charge in [-0.05, 0) is 37.6 Å². The molecule has 1 aromatic carbocycles. The van der Waals surface area contributed by atoms with Crippen molar-refractivity contribution in [2.45, 2.75) is 32.9 Å². The van der Waals surface area contributed by atoms with Crippen molar-refractivity contribution in [1.82, 2.24) is 20.2 Å².